The van der Waals surface area contributed by atoms with Crippen molar-refractivity contribution >= 4 is 22.4 Å². The Labute approximate surface area is 119 Å². The first-order valence-corrected chi connectivity index (χ1v) is 7.50. The molecule has 0 aromatic carbocycles. The van der Waals surface area contributed by atoms with Gasteiger partial charge in [-0.3, -0.25) is 4.79 Å². The summed E-state index contributed by atoms with van der Waals surface area (Å²) in [6.45, 7) is 12.9. The van der Waals surface area contributed by atoms with E-state index in [0.717, 1.165) is 11.7 Å². The van der Waals surface area contributed by atoms with Crippen LogP contribution in [0.4, 0.5) is 5.13 Å². The molecule has 0 aliphatic carbocycles. The number of hydrogen-bond donors (Lipinski definition) is 1. The molecule has 1 rings (SSSR count). The molecule has 1 N–H and O–H groups in total. The predicted molar refractivity (Wildman–Crippen MR) is 80.1 cm³/mol. The van der Waals surface area contributed by atoms with E-state index >= 15 is 0 Å². The average molecular weight is 284 g/mol. The molecule has 1 aromatic heterocycles. The van der Waals surface area contributed by atoms with Gasteiger partial charge in [0.05, 0.1) is 5.69 Å². The zero-order chi connectivity index (χ0) is 14.8. The molecule has 1 heterocycles. The summed E-state index contributed by atoms with van der Waals surface area (Å²) in [4.78, 5) is 18.0. The largest absolute Gasteiger partial charge is 0.481 e. The third-order valence-corrected chi connectivity index (χ3v) is 3.98. The molecule has 0 amide bonds. The first kappa shape index (κ1) is 16.0. The summed E-state index contributed by atoms with van der Waals surface area (Å²) in [6, 6.07) is 0.356. The lowest BCUT2D eigenvalue weighted by atomic mass is 9.90. The van der Waals surface area contributed by atoms with Crippen molar-refractivity contribution in [2.45, 2.75) is 53.0 Å². The summed E-state index contributed by atoms with van der Waals surface area (Å²) in [5.41, 5.74) is -0.302. The topological polar surface area (TPSA) is 53.4 Å². The standard InChI is InChI=1S/C14H24N2O2S/c1-9(2)7-16(10(3)4)13-15-11(8-19-13)14(5,6)12(17)18/h8-10H,7H2,1-6H3,(H,17,18). The molecule has 0 saturated carbocycles. The maximum absolute atomic E-state index is 11.3. The van der Waals surface area contributed by atoms with E-state index < -0.39 is 11.4 Å². The smallest absolute Gasteiger partial charge is 0.315 e. The molecule has 0 radical (unpaired) electrons. The number of carbonyl (C=O) groups is 1. The van der Waals surface area contributed by atoms with Crippen molar-refractivity contribution in [3.63, 3.8) is 0 Å². The molecule has 19 heavy (non-hydrogen) atoms. The van der Waals surface area contributed by atoms with E-state index in [4.69, 9.17) is 0 Å². The lowest BCUT2D eigenvalue weighted by Gasteiger charge is -2.28. The van der Waals surface area contributed by atoms with Gasteiger partial charge in [-0.05, 0) is 33.6 Å². The third-order valence-electron chi connectivity index (χ3n) is 3.10. The number of carboxylic acids is 1. The van der Waals surface area contributed by atoms with Crippen LogP contribution in [0.3, 0.4) is 0 Å². The normalized spacial score (nSPS) is 12.2. The van der Waals surface area contributed by atoms with E-state index in [1.165, 1.54) is 11.3 Å². The number of carboxylic acid groups (broad SMARTS) is 1. The highest BCUT2D eigenvalue weighted by Crippen LogP contribution is 2.30. The van der Waals surface area contributed by atoms with Gasteiger partial charge in [-0.1, -0.05) is 13.8 Å². The lowest BCUT2D eigenvalue weighted by Crippen LogP contribution is -2.34. The number of anilines is 1. The van der Waals surface area contributed by atoms with Gasteiger partial charge < -0.3 is 10.0 Å². The second kappa shape index (κ2) is 5.90. The number of thiazole rings is 1. The van der Waals surface area contributed by atoms with Crippen LogP contribution >= 0.6 is 11.3 Å². The van der Waals surface area contributed by atoms with E-state index in [0.29, 0.717) is 17.7 Å². The summed E-state index contributed by atoms with van der Waals surface area (Å²) in [7, 11) is 0. The van der Waals surface area contributed by atoms with Gasteiger partial charge in [0.2, 0.25) is 0 Å². The van der Waals surface area contributed by atoms with Gasteiger partial charge in [0.25, 0.3) is 0 Å². The number of aliphatic carboxylic acids is 1. The molecule has 0 aliphatic rings. The molecular weight excluding hydrogens is 260 g/mol. The van der Waals surface area contributed by atoms with Crippen LogP contribution in [0.2, 0.25) is 0 Å². The zero-order valence-corrected chi connectivity index (χ0v) is 13.4. The molecule has 108 valence electrons. The van der Waals surface area contributed by atoms with Gasteiger partial charge in [-0.15, -0.1) is 11.3 Å². The van der Waals surface area contributed by atoms with Crippen LogP contribution in [-0.2, 0) is 10.2 Å². The van der Waals surface area contributed by atoms with Crippen LogP contribution < -0.4 is 4.90 Å². The van der Waals surface area contributed by atoms with E-state index in [1.54, 1.807) is 13.8 Å². The van der Waals surface area contributed by atoms with Gasteiger partial charge in [0.1, 0.15) is 5.41 Å². The van der Waals surface area contributed by atoms with Gasteiger partial charge in [0, 0.05) is 18.0 Å². The second-order valence-corrected chi connectivity index (χ2v) is 6.92. The Bertz CT molecular complexity index is 438. The van der Waals surface area contributed by atoms with Crippen LogP contribution in [-0.4, -0.2) is 28.6 Å². The van der Waals surface area contributed by atoms with Crippen molar-refractivity contribution in [3.8, 4) is 0 Å². The first-order valence-electron chi connectivity index (χ1n) is 6.62. The molecule has 0 bridgehead atoms. The number of aromatic nitrogens is 1. The molecule has 4 nitrogen and oxygen atoms in total. The minimum atomic E-state index is -0.935. The molecule has 1 aromatic rings. The van der Waals surface area contributed by atoms with Crippen molar-refractivity contribution in [2.75, 3.05) is 11.4 Å². The maximum atomic E-state index is 11.3. The summed E-state index contributed by atoms with van der Waals surface area (Å²) >= 11 is 1.52. The summed E-state index contributed by atoms with van der Waals surface area (Å²) in [5.74, 6) is -0.299. The molecule has 0 saturated heterocycles. The van der Waals surface area contributed by atoms with Gasteiger partial charge in [-0.25, -0.2) is 4.98 Å². The van der Waals surface area contributed by atoms with E-state index in [9.17, 15) is 9.90 Å². The number of nitrogens with zero attached hydrogens (tertiary/aromatic N) is 2. The van der Waals surface area contributed by atoms with Crippen LogP contribution in [0, 0.1) is 5.92 Å². The van der Waals surface area contributed by atoms with Crippen molar-refractivity contribution < 1.29 is 9.90 Å². The first-order chi connectivity index (χ1) is 8.66. The molecular formula is C14H24N2O2S. The van der Waals surface area contributed by atoms with Crippen molar-refractivity contribution in [1.29, 1.82) is 0 Å². The SMILES string of the molecule is CC(C)CN(c1nc(C(C)(C)C(=O)O)cs1)C(C)C. The van der Waals surface area contributed by atoms with E-state index in [-0.39, 0.29) is 0 Å². The van der Waals surface area contributed by atoms with Crippen molar-refractivity contribution in [3.05, 3.63) is 11.1 Å². The second-order valence-electron chi connectivity index (χ2n) is 6.09. The predicted octanol–water partition coefficient (Wildman–Crippen LogP) is 3.38. The quantitative estimate of drug-likeness (QED) is 0.870. The Hall–Kier alpha value is -1.10. The van der Waals surface area contributed by atoms with Crippen LogP contribution in [0.15, 0.2) is 5.38 Å². The van der Waals surface area contributed by atoms with Crippen LogP contribution in [0.5, 0.6) is 0 Å². The Balaban J connectivity index is 3.03. The highest BCUT2D eigenvalue weighted by molar-refractivity contribution is 7.13. The highest BCUT2D eigenvalue weighted by atomic mass is 32.1. The van der Waals surface area contributed by atoms with Gasteiger partial charge in [-0.2, -0.15) is 0 Å². The molecule has 5 heteroatoms. The summed E-state index contributed by atoms with van der Waals surface area (Å²) in [6.07, 6.45) is 0. The maximum Gasteiger partial charge on any atom is 0.315 e. The minimum absolute atomic E-state index is 0.356. The molecule has 0 atom stereocenters. The molecule has 0 fully saturated rings. The van der Waals surface area contributed by atoms with Gasteiger partial charge in [0.15, 0.2) is 5.13 Å². The van der Waals surface area contributed by atoms with E-state index in [1.807, 2.05) is 5.38 Å². The lowest BCUT2D eigenvalue weighted by molar-refractivity contribution is -0.142. The minimum Gasteiger partial charge on any atom is -0.481 e. The fourth-order valence-electron chi connectivity index (χ4n) is 1.70. The molecule has 0 spiro atoms. The highest BCUT2D eigenvalue weighted by Gasteiger charge is 2.32. The number of hydrogen-bond acceptors (Lipinski definition) is 4. The number of rotatable bonds is 6. The van der Waals surface area contributed by atoms with Crippen LogP contribution in [0.25, 0.3) is 0 Å². The van der Waals surface area contributed by atoms with Crippen LogP contribution in [0.1, 0.15) is 47.2 Å². The Morgan fingerprint density at radius 3 is 2.42 bits per heavy atom. The van der Waals surface area contributed by atoms with Gasteiger partial charge >= 0.3 is 5.97 Å². The monoisotopic (exact) mass is 284 g/mol. The van der Waals surface area contributed by atoms with Crippen molar-refractivity contribution in [2.24, 2.45) is 5.92 Å². The van der Waals surface area contributed by atoms with E-state index in [2.05, 4.69) is 37.6 Å². The zero-order valence-electron chi connectivity index (χ0n) is 12.6. The summed E-state index contributed by atoms with van der Waals surface area (Å²) in [5, 5.41) is 12.0. The average Bonchev–Trinajstić information content (AvgIpc) is 2.74. The fraction of sp³-hybridized carbons (Fsp3) is 0.714. The Kier molecular flexibility index (Phi) is 4.96. The molecule has 0 unspecified atom stereocenters. The fourth-order valence-corrected chi connectivity index (χ4v) is 2.83. The third kappa shape index (κ3) is 3.69. The van der Waals surface area contributed by atoms with Crippen molar-refractivity contribution in [1.82, 2.24) is 4.98 Å². The summed E-state index contributed by atoms with van der Waals surface area (Å²) < 4.78 is 0. The Morgan fingerprint density at radius 2 is 2.00 bits per heavy atom. The molecule has 0 aliphatic heterocycles. The Morgan fingerprint density at radius 1 is 1.42 bits per heavy atom.